The van der Waals surface area contributed by atoms with E-state index in [-0.39, 0.29) is 5.69 Å². The normalized spacial score (nSPS) is 11.9. The van der Waals surface area contributed by atoms with Crippen molar-refractivity contribution in [3.05, 3.63) is 56.2 Å². The topological polar surface area (TPSA) is 96.0 Å². The minimum absolute atomic E-state index is 0.00859. The van der Waals surface area contributed by atoms with E-state index in [4.69, 9.17) is 9.47 Å². The summed E-state index contributed by atoms with van der Waals surface area (Å²) in [6, 6.07) is 9.88. The number of ether oxygens (including phenoxy) is 2. The van der Waals surface area contributed by atoms with Crippen molar-refractivity contribution in [2.24, 2.45) is 4.99 Å². The zero-order valence-electron chi connectivity index (χ0n) is 17.1. The van der Waals surface area contributed by atoms with Crippen LogP contribution in [0, 0.1) is 10.1 Å². The molecule has 31 heavy (non-hydrogen) atoms. The maximum absolute atomic E-state index is 13.0. The lowest BCUT2D eigenvalue weighted by molar-refractivity contribution is -0.384. The summed E-state index contributed by atoms with van der Waals surface area (Å²) in [5.41, 5.74) is 0.831. The molecule has 0 saturated heterocycles. The van der Waals surface area contributed by atoms with Gasteiger partial charge in [0.25, 0.3) is 11.6 Å². The number of benzene rings is 2. The molecule has 2 aromatic carbocycles. The number of aryl methyl sites for hydroxylation is 1. The van der Waals surface area contributed by atoms with Crippen molar-refractivity contribution in [2.75, 3.05) is 14.2 Å². The van der Waals surface area contributed by atoms with E-state index in [1.165, 1.54) is 34.8 Å². The van der Waals surface area contributed by atoms with Gasteiger partial charge < -0.3 is 14.0 Å². The van der Waals surface area contributed by atoms with Crippen LogP contribution >= 0.6 is 22.7 Å². The van der Waals surface area contributed by atoms with Crippen LogP contribution in [0.1, 0.15) is 23.0 Å². The van der Waals surface area contributed by atoms with Gasteiger partial charge in [-0.3, -0.25) is 14.9 Å². The Morgan fingerprint density at radius 3 is 2.55 bits per heavy atom. The smallest absolute Gasteiger partial charge is 0.289 e. The third-order valence-electron chi connectivity index (χ3n) is 4.76. The van der Waals surface area contributed by atoms with Crippen LogP contribution in [0.3, 0.4) is 0 Å². The fourth-order valence-corrected chi connectivity index (χ4v) is 5.45. The van der Waals surface area contributed by atoms with Crippen molar-refractivity contribution >= 4 is 54.6 Å². The summed E-state index contributed by atoms with van der Waals surface area (Å²) in [7, 11) is 3.21. The number of amides is 1. The van der Waals surface area contributed by atoms with Gasteiger partial charge in [0, 0.05) is 28.8 Å². The Bertz CT molecular complexity index is 1380. The molecule has 8 nitrogen and oxygen atoms in total. The van der Waals surface area contributed by atoms with Crippen molar-refractivity contribution in [3.8, 4) is 11.5 Å². The third-order valence-corrected chi connectivity index (χ3v) is 6.96. The number of thiazole rings is 1. The molecule has 10 heteroatoms. The highest BCUT2D eigenvalue weighted by Crippen LogP contribution is 2.35. The van der Waals surface area contributed by atoms with Gasteiger partial charge >= 0.3 is 0 Å². The van der Waals surface area contributed by atoms with Gasteiger partial charge in [-0.15, -0.1) is 11.3 Å². The number of aromatic nitrogens is 1. The van der Waals surface area contributed by atoms with Gasteiger partial charge in [-0.25, -0.2) is 0 Å². The number of rotatable bonds is 6. The third kappa shape index (κ3) is 3.79. The predicted octanol–water partition coefficient (Wildman–Crippen LogP) is 4.99. The van der Waals surface area contributed by atoms with E-state index in [0.717, 1.165) is 21.3 Å². The largest absolute Gasteiger partial charge is 0.495 e. The summed E-state index contributed by atoms with van der Waals surface area (Å²) >= 11 is 2.63. The Hall–Kier alpha value is -3.24. The first-order valence-electron chi connectivity index (χ1n) is 9.48. The van der Waals surface area contributed by atoms with Crippen molar-refractivity contribution in [2.45, 2.75) is 19.9 Å². The number of nitro benzene ring substituents is 1. The van der Waals surface area contributed by atoms with Crippen LogP contribution in [0.5, 0.6) is 11.5 Å². The summed E-state index contributed by atoms with van der Waals surface area (Å²) in [5.74, 6) is 0.982. The van der Waals surface area contributed by atoms with E-state index < -0.39 is 10.8 Å². The number of nitrogens with zero attached hydrogens (tertiary/aromatic N) is 3. The van der Waals surface area contributed by atoms with Gasteiger partial charge in [-0.05, 0) is 30.7 Å². The standard InChI is InChI=1S/C21H19N3O5S2/c1-4-9-23-18-14(28-2)6-7-15(29-3)19(18)31-21(23)22-20(25)17-11-12-10-13(24(26)27)5-8-16(12)30-17/h5-8,10-11H,4,9H2,1-3H3. The molecule has 0 bridgehead atoms. The zero-order chi connectivity index (χ0) is 22.1. The van der Waals surface area contributed by atoms with Crippen LogP contribution in [-0.4, -0.2) is 29.6 Å². The Morgan fingerprint density at radius 2 is 1.87 bits per heavy atom. The lowest BCUT2D eigenvalue weighted by atomic mass is 10.2. The summed E-state index contributed by atoms with van der Waals surface area (Å²) in [6.45, 7) is 2.71. The lowest BCUT2D eigenvalue weighted by Gasteiger charge is -2.09. The van der Waals surface area contributed by atoms with E-state index in [1.54, 1.807) is 26.4 Å². The number of hydrogen-bond donors (Lipinski definition) is 0. The fraction of sp³-hybridized carbons (Fsp3) is 0.238. The number of fused-ring (bicyclic) bond motifs is 2. The van der Waals surface area contributed by atoms with Crippen LogP contribution in [0.4, 0.5) is 5.69 Å². The van der Waals surface area contributed by atoms with Crippen LogP contribution < -0.4 is 14.3 Å². The maximum Gasteiger partial charge on any atom is 0.289 e. The van der Waals surface area contributed by atoms with Gasteiger partial charge in [0.1, 0.15) is 21.7 Å². The molecule has 0 aliphatic carbocycles. The van der Waals surface area contributed by atoms with E-state index in [1.807, 2.05) is 23.6 Å². The Balaban J connectivity index is 1.86. The molecule has 0 atom stereocenters. The summed E-state index contributed by atoms with van der Waals surface area (Å²) in [5, 5.41) is 11.7. The molecule has 0 fully saturated rings. The van der Waals surface area contributed by atoms with Gasteiger partial charge in [0.05, 0.1) is 24.0 Å². The highest BCUT2D eigenvalue weighted by molar-refractivity contribution is 7.21. The van der Waals surface area contributed by atoms with Crippen molar-refractivity contribution < 1.29 is 19.2 Å². The second kappa shape index (κ2) is 8.48. The molecule has 4 aromatic rings. The van der Waals surface area contributed by atoms with Gasteiger partial charge in [0.2, 0.25) is 0 Å². The number of nitro groups is 1. The van der Waals surface area contributed by atoms with Crippen molar-refractivity contribution in [1.82, 2.24) is 4.57 Å². The average Bonchev–Trinajstić information content (AvgIpc) is 3.35. The fourth-order valence-electron chi connectivity index (χ4n) is 3.36. The molecule has 1 amide bonds. The minimum Gasteiger partial charge on any atom is -0.495 e. The molecule has 0 radical (unpaired) electrons. The molecule has 0 N–H and O–H groups in total. The average molecular weight is 458 g/mol. The van der Waals surface area contributed by atoms with Gasteiger partial charge in [0.15, 0.2) is 4.80 Å². The predicted molar refractivity (Wildman–Crippen MR) is 122 cm³/mol. The van der Waals surface area contributed by atoms with Gasteiger partial charge in [-0.1, -0.05) is 18.3 Å². The number of non-ortho nitro benzene ring substituents is 1. The van der Waals surface area contributed by atoms with Crippen LogP contribution in [0.25, 0.3) is 20.3 Å². The molecule has 2 heterocycles. The molecule has 4 rings (SSSR count). The Labute approximate surface area is 185 Å². The lowest BCUT2D eigenvalue weighted by Crippen LogP contribution is -2.17. The van der Waals surface area contributed by atoms with Crippen LogP contribution in [0.2, 0.25) is 0 Å². The first-order chi connectivity index (χ1) is 15.0. The van der Waals surface area contributed by atoms with Gasteiger partial charge in [-0.2, -0.15) is 4.99 Å². The quantitative estimate of drug-likeness (QED) is 0.300. The first kappa shape index (κ1) is 21.0. The molecule has 0 saturated carbocycles. The highest BCUT2D eigenvalue weighted by Gasteiger charge is 2.18. The number of hydrogen-bond acceptors (Lipinski definition) is 7. The molecule has 0 aliphatic heterocycles. The SMILES string of the molecule is CCCn1c(=NC(=O)c2cc3cc([N+](=O)[O-])ccc3s2)sc2c(OC)ccc(OC)c21. The molecule has 160 valence electrons. The molecule has 0 aliphatic rings. The molecule has 0 unspecified atom stereocenters. The summed E-state index contributed by atoms with van der Waals surface area (Å²) in [6.07, 6.45) is 0.847. The highest BCUT2D eigenvalue weighted by atomic mass is 32.1. The Morgan fingerprint density at radius 1 is 1.13 bits per heavy atom. The second-order valence-corrected chi connectivity index (χ2v) is 8.75. The summed E-state index contributed by atoms with van der Waals surface area (Å²) in [4.78, 5) is 28.9. The number of carbonyl (C=O) groups is 1. The van der Waals surface area contributed by atoms with Crippen molar-refractivity contribution in [1.29, 1.82) is 0 Å². The van der Waals surface area contributed by atoms with E-state index >= 15 is 0 Å². The monoisotopic (exact) mass is 457 g/mol. The van der Waals surface area contributed by atoms with Crippen molar-refractivity contribution in [3.63, 3.8) is 0 Å². The number of methoxy groups -OCH3 is 2. The second-order valence-electron chi connectivity index (χ2n) is 6.69. The molecule has 0 spiro atoms. The minimum atomic E-state index is -0.450. The Kier molecular flexibility index (Phi) is 5.75. The first-order valence-corrected chi connectivity index (χ1v) is 11.1. The number of thiophene rings is 1. The van der Waals surface area contributed by atoms with Crippen LogP contribution in [-0.2, 0) is 6.54 Å². The number of carbonyl (C=O) groups excluding carboxylic acids is 1. The molecular formula is C21H19N3O5S2. The molecular weight excluding hydrogens is 438 g/mol. The molecule has 2 aromatic heterocycles. The zero-order valence-corrected chi connectivity index (χ0v) is 18.7. The summed E-state index contributed by atoms with van der Waals surface area (Å²) < 4.78 is 14.7. The van der Waals surface area contributed by atoms with E-state index in [2.05, 4.69) is 4.99 Å². The van der Waals surface area contributed by atoms with E-state index in [0.29, 0.717) is 33.1 Å². The van der Waals surface area contributed by atoms with E-state index in [9.17, 15) is 14.9 Å². The van der Waals surface area contributed by atoms with Crippen LogP contribution in [0.15, 0.2) is 41.4 Å². The maximum atomic E-state index is 13.0.